The third-order valence-electron chi connectivity index (χ3n) is 2.45. The Hall–Kier alpha value is -1.75. The van der Waals surface area contributed by atoms with Gasteiger partial charge in [0.1, 0.15) is 0 Å². The number of amides is 2. The van der Waals surface area contributed by atoms with Crippen molar-refractivity contribution in [1.82, 2.24) is 4.90 Å². The molecule has 4 N–H and O–H groups in total. The Bertz CT molecular complexity index is 474. The van der Waals surface area contributed by atoms with Gasteiger partial charge in [0.05, 0.1) is 12.1 Å². The van der Waals surface area contributed by atoms with Crippen LogP contribution in [0.4, 0.5) is 5.69 Å². The first-order chi connectivity index (χ1) is 8.32. The molecule has 0 saturated carbocycles. The van der Waals surface area contributed by atoms with Gasteiger partial charge in [0.15, 0.2) is 0 Å². The number of anilines is 1. The zero-order valence-electron chi connectivity index (χ0n) is 10.3. The van der Waals surface area contributed by atoms with Crippen molar-refractivity contribution >= 4 is 29.1 Å². The Balaban J connectivity index is 3.05. The average molecular weight is 270 g/mol. The molecule has 0 unspecified atom stereocenters. The second-order valence-electron chi connectivity index (χ2n) is 4.22. The minimum Gasteiger partial charge on any atom is -0.398 e. The van der Waals surface area contributed by atoms with Crippen LogP contribution >= 0.6 is 11.6 Å². The summed E-state index contributed by atoms with van der Waals surface area (Å²) in [6.07, 6.45) is 0. The van der Waals surface area contributed by atoms with Crippen molar-refractivity contribution in [3.63, 3.8) is 0 Å². The van der Waals surface area contributed by atoms with Crippen LogP contribution in [0.2, 0.25) is 5.02 Å². The van der Waals surface area contributed by atoms with Gasteiger partial charge in [0, 0.05) is 16.8 Å². The fraction of sp³-hybridized carbons (Fsp3) is 0.333. The number of hydrogen-bond acceptors (Lipinski definition) is 3. The number of rotatable bonds is 4. The summed E-state index contributed by atoms with van der Waals surface area (Å²) in [5.41, 5.74) is 11.5. The van der Waals surface area contributed by atoms with E-state index in [1.165, 1.54) is 17.0 Å². The number of hydrogen-bond donors (Lipinski definition) is 2. The lowest BCUT2D eigenvalue weighted by Crippen LogP contribution is -2.43. The van der Waals surface area contributed by atoms with Crippen molar-refractivity contribution in [2.45, 2.75) is 19.9 Å². The van der Waals surface area contributed by atoms with E-state index in [2.05, 4.69) is 0 Å². The molecule has 0 heterocycles. The molecule has 1 aromatic rings. The molecule has 0 bridgehead atoms. The molecule has 0 atom stereocenters. The molecule has 0 fully saturated rings. The smallest absolute Gasteiger partial charge is 0.256 e. The number of nitrogens with two attached hydrogens (primary N) is 2. The molecule has 0 spiro atoms. The van der Waals surface area contributed by atoms with Gasteiger partial charge in [-0.1, -0.05) is 11.6 Å². The molecule has 0 aliphatic carbocycles. The predicted octanol–water partition coefficient (Wildman–Crippen LogP) is 1.26. The van der Waals surface area contributed by atoms with Gasteiger partial charge in [-0.2, -0.15) is 0 Å². The molecule has 18 heavy (non-hydrogen) atoms. The first-order valence-electron chi connectivity index (χ1n) is 5.47. The summed E-state index contributed by atoms with van der Waals surface area (Å²) in [6, 6.07) is 4.46. The van der Waals surface area contributed by atoms with Crippen LogP contribution in [0.25, 0.3) is 0 Å². The van der Waals surface area contributed by atoms with Crippen LogP contribution < -0.4 is 11.5 Å². The van der Waals surface area contributed by atoms with Crippen LogP contribution in [-0.4, -0.2) is 29.3 Å². The van der Waals surface area contributed by atoms with Crippen molar-refractivity contribution < 1.29 is 9.59 Å². The third kappa shape index (κ3) is 3.37. The molecule has 0 saturated heterocycles. The quantitative estimate of drug-likeness (QED) is 0.807. The van der Waals surface area contributed by atoms with Crippen LogP contribution in [0.3, 0.4) is 0 Å². The molecule has 1 rings (SSSR count). The predicted molar refractivity (Wildman–Crippen MR) is 71.2 cm³/mol. The fourth-order valence-corrected chi connectivity index (χ4v) is 1.72. The SMILES string of the molecule is CC(C)N(CC(N)=O)C(=O)c1ccc(Cl)cc1N. The molecule has 6 heteroatoms. The zero-order valence-corrected chi connectivity index (χ0v) is 11.1. The van der Waals surface area contributed by atoms with Crippen LogP contribution in [0, 0.1) is 0 Å². The van der Waals surface area contributed by atoms with E-state index in [1.807, 2.05) is 0 Å². The van der Waals surface area contributed by atoms with Crippen LogP contribution in [0.15, 0.2) is 18.2 Å². The number of carbonyl (C=O) groups is 2. The zero-order chi connectivity index (χ0) is 13.9. The average Bonchev–Trinajstić information content (AvgIpc) is 2.24. The first-order valence-corrected chi connectivity index (χ1v) is 5.85. The minimum absolute atomic E-state index is 0.140. The van der Waals surface area contributed by atoms with Crippen LogP contribution in [-0.2, 0) is 4.79 Å². The monoisotopic (exact) mass is 269 g/mol. The summed E-state index contributed by atoms with van der Waals surface area (Å²) in [5.74, 6) is -0.900. The van der Waals surface area contributed by atoms with Gasteiger partial charge in [-0.3, -0.25) is 9.59 Å². The van der Waals surface area contributed by atoms with E-state index >= 15 is 0 Å². The lowest BCUT2D eigenvalue weighted by molar-refractivity contribution is -0.119. The maximum absolute atomic E-state index is 12.2. The Labute approximate surface area is 111 Å². The van der Waals surface area contributed by atoms with Crippen molar-refractivity contribution in [3.05, 3.63) is 28.8 Å². The maximum Gasteiger partial charge on any atom is 0.256 e. The molecule has 0 aliphatic heterocycles. The number of primary amides is 1. The summed E-state index contributed by atoms with van der Waals surface area (Å²) in [4.78, 5) is 24.6. The maximum atomic E-state index is 12.2. The topological polar surface area (TPSA) is 89.4 Å². The van der Waals surface area contributed by atoms with E-state index in [0.29, 0.717) is 10.6 Å². The van der Waals surface area contributed by atoms with Gasteiger partial charge >= 0.3 is 0 Å². The second kappa shape index (κ2) is 5.73. The summed E-state index contributed by atoms with van der Waals surface area (Å²) >= 11 is 5.77. The van der Waals surface area contributed by atoms with Crippen LogP contribution in [0.1, 0.15) is 24.2 Å². The van der Waals surface area contributed by atoms with E-state index in [9.17, 15) is 9.59 Å². The molecular formula is C12H16ClN3O2. The number of halogens is 1. The molecule has 1 aromatic carbocycles. The summed E-state index contributed by atoms with van der Waals surface area (Å²) in [7, 11) is 0. The lowest BCUT2D eigenvalue weighted by Gasteiger charge is -2.25. The fourth-order valence-electron chi connectivity index (χ4n) is 1.54. The Kier molecular flexibility index (Phi) is 4.55. The largest absolute Gasteiger partial charge is 0.398 e. The highest BCUT2D eigenvalue weighted by Crippen LogP contribution is 2.20. The van der Waals surface area contributed by atoms with Crippen molar-refractivity contribution in [3.8, 4) is 0 Å². The van der Waals surface area contributed by atoms with E-state index in [1.54, 1.807) is 19.9 Å². The van der Waals surface area contributed by atoms with E-state index < -0.39 is 5.91 Å². The van der Waals surface area contributed by atoms with Crippen molar-refractivity contribution in [1.29, 1.82) is 0 Å². The molecule has 0 radical (unpaired) electrons. The molecular weight excluding hydrogens is 254 g/mol. The number of benzene rings is 1. The van der Waals surface area contributed by atoms with Gasteiger partial charge < -0.3 is 16.4 Å². The van der Waals surface area contributed by atoms with Crippen molar-refractivity contribution in [2.75, 3.05) is 12.3 Å². The number of nitrogen functional groups attached to an aromatic ring is 1. The van der Waals surface area contributed by atoms with Gasteiger partial charge in [0.2, 0.25) is 5.91 Å². The van der Waals surface area contributed by atoms with E-state index in [-0.39, 0.29) is 24.2 Å². The van der Waals surface area contributed by atoms with E-state index in [0.717, 1.165) is 0 Å². The summed E-state index contributed by atoms with van der Waals surface area (Å²) < 4.78 is 0. The molecule has 98 valence electrons. The van der Waals surface area contributed by atoms with Gasteiger partial charge in [0.25, 0.3) is 5.91 Å². The third-order valence-corrected chi connectivity index (χ3v) is 2.69. The Morgan fingerprint density at radius 3 is 2.44 bits per heavy atom. The second-order valence-corrected chi connectivity index (χ2v) is 4.66. The summed E-state index contributed by atoms with van der Waals surface area (Å²) in [6.45, 7) is 3.46. The highest BCUT2D eigenvalue weighted by atomic mass is 35.5. The highest BCUT2D eigenvalue weighted by molar-refractivity contribution is 6.31. The minimum atomic E-state index is -0.565. The first kappa shape index (κ1) is 14.3. The number of nitrogens with zero attached hydrogens (tertiary/aromatic N) is 1. The van der Waals surface area contributed by atoms with Gasteiger partial charge in [-0.05, 0) is 32.0 Å². The van der Waals surface area contributed by atoms with E-state index in [4.69, 9.17) is 23.1 Å². The number of carbonyl (C=O) groups excluding carboxylic acids is 2. The Morgan fingerprint density at radius 1 is 1.39 bits per heavy atom. The molecule has 0 aromatic heterocycles. The highest BCUT2D eigenvalue weighted by Gasteiger charge is 2.22. The molecule has 0 aliphatic rings. The van der Waals surface area contributed by atoms with Crippen molar-refractivity contribution in [2.24, 2.45) is 5.73 Å². The Morgan fingerprint density at radius 2 is 2.00 bits per heavy atom. The normalized spacial score (nSPS) is 10.4. The molecule has 2 amide bonds. The standard InChI is InChI=1S/C12H16ClN3O2/c1-7(2)16(6-11(15)17)12(18)9-4-3-8(13)5-10(9)14/h3-5,7H,6,14H2,1-2H3,(H2,15,17). The van der Waals surface area contributed by atoms with Crippen LogP contribution in [0.5, 0.6) is 0 Å². The lowest BCUT2D eigenvalue weighted by atomic mass is 10.1. The van der Waals surface area contributed by atoms with Gasteiger partial charge in [-0.15, -0.1) is 0 Å². The summed E-state index contributed by atoms with van der Waals surface area (Å²) in [5, 5.41) is 0.454. The van der Waals surface area contributed by atoms with Gasteiger partial charge in [-0.25, -0.2) is 0 Å². The molecule has 5 nitrogen and oxygen atoms in total.